The number of hydrogen-bond donors (Lipinski definition) is 5. The third kappa shape index (κ3) is 6.88. The number of ether oxygens (including phenoxy) is 1. The van der Waals surface area contributed by atoms with Gasteiger partial charge in [-0.15, -0.1) is 10.2 Å². The fourth-order valence-corrected chi connectivity index (χ4v) is 2.37. The predicted molar refractivity (Wildman–Crippen MR) is 111 cm³/mol. The van der Waals surface area contributed by atoms with Gasteiger partial charge in [0.05, 0.1) is 6.04 Å². The Kier molecular flexibility index (Phi) is 8.81. The van der Waals surface area contributed by atoms with E-state index in [0.717, 1.165) is 12.8 Å². The number of rotatable bonds is 10. The normalized spacial score (nSPS) is 12.0. The molecule has 0 bridgehead atoms. The number of azo groups is 1. The standard InChI is InChI=1S/C19H25N7O4/c20-10-4-3-5-12(21)19(29)24-16-9-8-14(18(22)23-16)26-25-13-6-1-2-7-15(13)30-17(28)11-27/h1-2,6-9,12,27H,3-5,10-11,20-21H2,(H3,22,23,24,29)/t12-/m0/s1. The molecule has 0 spiro atoms. The second-order valence-electron chi connectivity index (χ2n) is 6.28. The summed E-state index contributed by atoms with van der Waals surface area (Å²) in [5, 5.41) is 19.4. The second-order valence-corrected chi connectivity index (χ2v) is 6.28. The van der Waals surface area contributed by atoms with Crippen LogP contribution in [0.2, 0.25) is 0 Å². The van der Waals surface area contributed by atoms with E-state index in [1.54, 1.807) is 18.2 Å². The van der Waals surface area contributed by atoms with Crippen LogP contribution in [-0.2, 0) is 9.59 Å². The summed E-state index contributed by atoms with van der Waals surface area (Å²) in [6.07, 6.45) is 2.08. The highest BCUT2D eigenvalue weighted by Gasteiger charge is 2.14. The number of para-hydroxylation sites is 1. The Labute approximate surface area is 173 Å². The molecular weight excluding hydrogens is 390 g/mol. The van der Waals surface area contributed by atoms with E-state index in [9.17, 15) is 9.59 Å². The summed E-state index contributed by atoms with van der Waals surface area (Å²) in [7, 11) is 0. The van der Waals surface area contributed by atoms with Crippen molar-refractivity contribution < 1.29 is 19.4 Å². The molecule has 0 fully saturated rings. The number of anilines is 2. The highest BCUT2D eigenvalue weighted by molar-refractivity contribution is 5.94. The summed E-state index contributed by atoms with van der Waals surface area (Å²) in [4.78, 5) is 27.5. The molecule has 0 unspecified atom stereocenters. The number of benzene rings is 1. The van der Waals surface area contributed by atoms with Crippen LogP contribution < -0.4 is 27.3 Å². The van der Waals surface area contributed by atoms with Gasteiger partial charge >= 0.3 is 5.97 Å². The van der Waals surface area contributed by atoms with Crippen LogP contribution in [-0.4, -0.2) is 41.2 Å². The van der Waals surface area contributed by atoms with Gasteiger partial charge in [0.15, 0.2) is 11.6 Å². The van der Waals surface area contributed by atoms with Gasteiger partial charge in [-0.3, -0.25) is 4.79 Å². The summed E-state index contributed by atoms with van der Waals surface area (Å²) >= 11 is 0. The molecule has 0 saturated carbocycles. The van der Waals surface area contributed by atoms with E-state index < -0.39 is 18.6 Å². The molecule has 0 radical (unpaired) electrons. The molecule has 0 aliphatic heterocycles. The topological polar surface area (TPSA) is 191 Å². The number of nitrogen functional groups attached to an aromatic ring is 1. The van der Waals surface area contributed by atoms with Gasteiger partial charge in [-0.1, -0.05) is 18.6 Å². The predicted octanol–water partition coefficient (Wildman–Crippen LogP) is 1.37. The zero-order chi connectivity index (χ0) is 21.9. The number of amides is 1. The van der Waals surface area contributed by atoms with E-state index in [0.29, 0.717) is 13.0 Å². The summed E-state index contributed by atoms with van der Waals surface area (Å²) in [5.74, 6) is -0.770. The van der Waals surface area contributed by atoms with E-state index in [1.807, 2.05) is 0 Å². The highest BCUT2D eigenvalue weighted by Crippen LogP contribution is 2.30. The van der Waals surface area contributed by atoms with E-state index in [1.165, 1.54) is 18.2 Å². The molecule has 2 aromatic rings. The monoisotopic (exact) mass is 415 g/mol. The van der Waals surface area contributed by atoms with Crippen molar-refractivity contribution in [3.8, 4) is 5.75 Å². The lowest BCUT2D eigenvalue weighted by Gasteiger charge is -2.12. The molecule has 11 nitrogen and oxygen atoms in total. The number of nitrogens with two attached hydrogens (primary N) is 3. The number of pyridine rings is 1. The van der Waals surface area contributed by atoms with Crippen molar-refractivity contribution in [1.29, 1.82) is 0 Å². The molecule has 0 aliphatic carbocycles. The maximum absolute atomic E-state index is 12.1. The van der Waals surface area contributed by atoms with Crippen LogP contribution in [0.1, 0.15) is 19.3 Å². The largest absolute Gasteiger partial charge is 0.422 e. The maximum Gasteiger partial charge on any atom is 0.337 e. The quantitative estimate of drug-likeness (QED) is 0.166. The molecule has 0 saturated heterocycles. The molecule has 1 aromatic heterocycles. The zero-order valence-electron chi connectivity index (χ0n) is 16.3. The zero-order valence-corrected chi connectivity index (χ0v) is 16.3. The van der Waals surface area contributed by atoms with Crippen LogP contribution in [0.5, 0.6) is 5.75 Å². The minimum absolute atomic E-state index is 0.0399. The number of hydrogen-bond acceptors (Lipinski definition) is 10. The smallest absolute Gasteiger partial charge is 0.337 e. The Hall–Kier alpha value is -3.41. The first-order chi connectivity index (χ1) is 14.4. The van der Waals surface area contributed by atoms with Crippen molar-refractivity contribution in [2.45, 2.75) is 25.3 Å². The molecule has 1 heterocycles. The van der Waals surface area contributed by atoms with Crippen molar-refractivity contribution in [1.82, 2.24) is 4.98 Å². The molecule has 1 aromatic carbocycles. The third-order valence-electron chi connectivity index (χ3n) is 3.94. The molecule has 0 aliphatic rings. The van der Waals surface area contributed by atoms with Crippen molar-refractivity contribution in [2.24, 2.45) is 21.7 Å². The first-order valence-electron chi connectivity index (χ1n) is 9.30. The number of aliphatic hydroxyl groups is 1. The Morgan fingerprint density at radius 2 is 1.87 bits per heavy atom. The summed E-state index contributed by atoms with van der Waals surface area (Å²) in [6, 6.07) is 8.80. The average molecular weight is 415 g/mol. The fourth-order valence-electron chi connectivity index (χ4n) is 2.37. The third-order valence-corrected chi connectivity index (χ3v) is 3.94. The summed E-state index contributed by atoms with van der Waals surface area (Å²) in [6.45, 7) is -0.205. The number of carbonyl (C=O) groups excluding carboxylic acids is 2. The van der Waals surface area contributed by atoms with E-state index in [4.69, 9.17) is 27.0 Å². The number of carbonyl (C=O) groups is 2. The first kappa shape index (κ1) is 22.9. The van der Waals surface area contributed by atoms with Gasteiger partial charge in [-0.25, -0.2) is 9.78 Å². The average Bonchev–Trinajstić information content (AvgIpc) is 2.74. The number of esters is 1. The molecular formula is C19H25N7O4. The SMILES string of the molecule is NCCCC[C@H](N)C(=O)Nc1ccc(N=Nc2ccccc2OC(=O)CO)c(N)n1. The minimum atomic E-state index is -0.819. The maximum atomic E-state index is 12.1. The van der Waals surface area contributed by atoms with Gasteiger partial charge in [0, 0.05) is 0 Å². The summed E-state index contributed by atoms with van der Waals surface area (Å²) in [5.41, 5.74) is 17.7. The number of nitrogens with zero attached hydrogens (tertiary/aromatic N) is 3. The molecule has 160 valence electrons. The Morgan fingerprint density at radius 1 is 1.13 bits per heavy atom. The molecule has 30 heavy (non-hydrogen) atoms. The molecule has 1 atom stereocenters. The summed E-state index contributed by atoms with van der Waals surface area (Å²) < 4.78 is 4.98. The van der Waals surface area contributed by atoms with Gasteiger partial charge in [0.1, 0.15) is 23.8 Å². The molecule has 2 rings (SSSR count). The van der Waals surface area contributed by atoms with Crippen LogP contribution in [0.3, 0.4) is 0 Å². The lowest BCUT2D eigenvalue weighted by atomic mass is 10.1. The van der Waals surface area contributed by atoms with Crippen molar-refractivity contribution in [3.63, 3.8) is 0 Å². The van der Waals surface area contributed by atoms with Crippen LogP contribution >= 0.6 is 0 Å². The van der Waals surface area contributed by atoms with Crippen LogP contribution in [0.4, 0.5) is 23.0 Å². The van der Waals surface area contributed by atoms with E-state index >= 15 is 0 Å². The van der Waals surface area contributed by atoms with Gasteiger partial charge in [-0.05, 0) is 43.7 Å². The number of unbranched alkanes of at least 4 members (excludes halogenated alkanes) is 1. The lowest BCUT2D eigenvalue weighted by molar-refractivity contribution is -0.137. The second kappa shape index (κ2) is 11.6. The van der Waals surface area contributed by atoms with Crippen LogP contribution in [0.15, 0.2) is 46.6 Å². The number of nitrogens with one attached hydrogen (secondary N) is 1. The molecule has 1 amide bonds. The molecule has 8 N–H and O–H groups in total. The van der Waals surface area contributed by atoms with Crippen LogP contribution in [0.25, 0.3) is 0 Å². The molecule has 11 heteroatoms. The number of aliphatic hydroxyl groups excluding tert-OH is 1. The van der Waals surface area contributed by atoms with Gasteiger partial charge in [-0.2, -0.15) is 0 Å². The van der Waals surface area contributed by atoms with Crippen molar-refractivity contribution in [2.75, 3.05) is 24.2 Å². The highest BCUT2D eigenvalue weighted by atomic mass is 16.5. The van der Waals surface area contributed by atoms with Gasteiger partial charge < -0.3 is 32.4 Å². The Morgan fingerprint density at radius 3 is 2.57 bits per heavy atom. The Bertz CT molecular complexity index is 904. The Balaban J connectivity index is 2.06. The lowest BCUT2D eigenvalue weighted by Crippen LogP contribution is -2.35. The van der Waals surface area contributed by atoms with Gasteiger partial charge in [0.25, 0.3) is 0 Å². The number of aromatic nitrogens is 1. The fraction of sp³-hybridized carbons (Fsp3) is 0.316. The van der Waals surface area contributed by atoms with Crippen molar-refractivity contribution >= 4 is 34.9 Å². The first-order valence-corrected chi connectivity index (χ1v) is 9.30. The van der Waals surface area contributed by atoms with E-state index in [2.05, 4.69) is 20.5 Å². The minimum Gasteiger partial charge on any atom is -0.422 e. The van der Waals surface area contributed by atoms with Crippen molar-refractivity contribution in [3.05, 3.63) is 36.4 Å². The van der Waals surface area contributed by atoms with E-state index in [-0.39, 0.29) is 34.7 Å². The van der Waals surface area contributed by atoms with Gasteiger partial charge in [0.2, 0.25) is 5.91 Å². The van der Waals surface area contributed by atoms with Crippen LogP contribution in [0, 0.1) is 0 Å².